The third-order valence-electron chi connectivity index (χ3n) is 5.22. The number of aliphatic imine (C=N–C) groups is 1. The molecule has 0 saturated carbocycles. The van der Waals surface area contributed by atoms with Gasteiger partial charge in [0, 0.05) is 51.9 Å². The summed E-state index contributed by atoms with van der Waals surface area (Å²) in [6, 6.07) is 0.617. The van der Waals surface area contributed by atoms with E-state index in [0.29, 0.717) is 31.7 Å². The second kappa shape index (κ2) is 12.6. The summed E-state index contributed by atoms with van der Waals surface area (Å²) in [5.74, 6) is 1.62. The topological polar surface area (TPSA) is 60.4 Å². The Labute approximate surface area is 181 Å². The van der Waals surface area contributed by atoms with Crippen LogP contribution in [0.4, 0.5) is 4.79 Å². The van der Waals surface area contributed by atoms with Gasteiger partial charge in [-0.25, -0.2) is 4.79 Å². The largest absolute Gasteiger partial charge is 0.450 e. The molecule has 2 saturated heterocycles. The molecule has 0 aromatic heterocycles. The lowest BCUT2D eigenvalue weighted by Crippen LogP contribution is -2.54. The summed E-state index contributed by atoms with van der Waals surface area (Å²) in [6.07, 6.45) is 2.33. The predicted octanol–water partition coefficient (Wildman–Crippen LogP) is 2.46. The van der Waals surface area contributed by atoms with Gasteiger partial charge in [0.25, 0.3) is 0 Å². The van der Waals surface area contributed by atoms with Crippen molar-refractivity contribution >= 4 is 36.0 Å². The van der Waals surface area contributed by atoms with Crippen LogP contribution < -0.4 is 5.32 Å². The molecule has 1 N–H and O–H groups in total. The number of piperidine rings is 1. The van der Waals surface area contributed by atoms with E-state index in [-0.39, 0.29) is 30.1 Å². The molecule has 0 radical (unpaired) electrons. The number of piperazine rings is 1. The Morgan fingerprint density at radius 2 is 1.81 bits per heavy atom. The minimum absolute atomic E-state index is 0. The fraction of sp³-hybridized carbons (Fsp3) is 0.895. The van der Waals surface area contributed by atoms with Crippen LogP contribution in [0.2, 0.25) is 0 Å². The lowest BCUT2D eigenvalue weighted by atomic mass is 9.97. The number of ether oxygens (including phenoxy) is 1. The Kier molecular flexibility index (Phi) is 11.4. The maximum absolute atomic E-state index is 11.9. The minimum atomic E-state index is -0.204. The van der Waals surface area contributed by atoms with E-state index in [4.69, 9.17) is 9.73 Å². The van der Waals surface area contributed by atoms with Gasteiger partial charge in [-0.2, -0.15) is 0 Å². The number of halogens is 1. The van der Waals surface area contributed by atoms with Crippen LogP contribution in [-0.2, 0) is 4.74 Å². The van der Waals surface area contributed by atoms with E-state index in [1.54, 1.807) is 4.90 Å². The first-order chi connectivity index (χ1) is 12.5. The zero-order chi connectivity index (χ0) is 18.9. The Morgan fingerprint density at radius 3 is 2.41 bits per heavy atom. The fourth-order valence-electron chi connectivity index (χ4n) is 3.67. The second-order valence-corrected chi connectivity index (χ2v) is 7.46. The van der Waals surface area contributed by atoms with Crippen molar-refractivity contribution in [1.29, 1.82) is 0 Å². The number of amides is 1. The highest BCUT2D eigenvalue weighted by Gasteiger charge is 2.25. The van der Waals surface area contributed by atoms with Gasteiger partial charge in [-0.15, -0.1) is 24.0 Å². The summed E-state index contributed by atoms with van der Waals surface area (Å²) in [5.41, 5.74) is 0. The number of nitrogens with one attached hydrogen (secondary N) is 1. The van der Waals surface area contributed by atoms with Gasteiger partial charge in [0.05, 0.1) is 6.61 Å². The highest BCUT2D eigenvalue weighted by atomic mass is 127. The summed E-state index contributed by atoms with van der Waals surface area (Å²) in [7, 11) is 0. The molecular formula is C19H38IN5O2. The first-order valence-electron chi connectivity index (χ1n) is 10.2. The highest BCUT2D eigenvalue weighted by molar-refractivity contribution is 14.0. The number of likely N-dealkylation sites (tertiary alicyclic amines) is 1. The van der Waals surface area contributed by atoms with E-state index >= 15 is 0 Å². The number of carbonyl (C=O) groups is 1. The van der Waals surface area contributed by atoms with Crippen LogP contribution in [0, 0.1) is 5.92 Å². The van der Waals surface area contributed by atoms with Crippen LogP contribution >= 0.6 is 24.0 Å². The van der Waals surface area contributed by atoms with Gasteiger partial charge in [0.1, 0.15) is 0 Å². The Hall–Kier alpha value is -0.770. The maximum Gasteiger partial charge on any atom is 0.409 e. The molecule has 1 unspecified atom stereocenters. The van der Waals surface area contributed by atoms with Crippen molar-refractivity contribution in [2.45, 2.75) is 46.6 Å². The van der Waals surface area contributed by atoms with Gasteiger partial charge in [-0.05, 0) is 53.0 Å². The van der Waals surface area contributed by atoms with Crippen LogP contribution in [0.3, 0.4) is 0 Å². The van der Waals surface area contributed by atoms with Crippen LogP contribution in [0.15, 0.2) is 4.99 Å². The molecule has 7 nitrogen and oxygen atoms in total. The smallest absolute Gasteiger partial charge is 0.409 e. The summed E-state index contributed by atoms with van der Waals surface area (Å²) in [6.45, 7) is 16.0. The molecule has 158 valence electrons. The fourth-order valence-corrected chi connectivity index (χ4v) is 3.67. The molecule has 0 aromatic rings. The van der Waals surface area contributed by atoms with E-state index in [1.807, 2.05) is 6.92 Å². The lowest BCUT2D eigenvalue weighted by Gasteiger charge is -2.37. The number of hydrogen-bond donors (Lipinski definition) is 1. The molecule has 0 spiro atoms. The summed E-state index contributed by atoms with van der Waals surface area (Å²) >= 11 is 0. The summed E-state index contributed by atoms with van der Waals surface area (Å²) in [5, 5.41) is 3.42. The average Bonchev–Trinajstić information content (AvgIpc) is 2.65. The molecule has 2 aliphatic rings. The van der Waals surface area contributed by atoms with Crippen molar-refractivity contribution < 1.29 is 9.53 Å². The summed E-state index contributed by atoms with van der Waals surface area (Å²) in [4.78, 5) is 23.4. The maximum atomic E-state index is 11.9. The zero-order valence-electron chi connectivity index (χ0n) is 17.4. The molecule has 2 rings (SSSR count). The molecule has 0 aromatic carbocycles. The monoisotopic (exact) mass is 495 g/mol. The molecular weight excluding hydrogens is 457 g/mol. The SMILES string of the molecule is CCNC(=NCC1CCCN(C(C)C)C1)N1CCN(C(=O)OCC)CC1.I. The van der Waals surface area contributed by atoms with Crippen LogP contribution in [0.1, 0.15) is 40.5 Å². The van der Waals surface area contributed by atoms with Crippen LogP contribution in [0.5, 0.6) is 0 Å². The molecule has 1 atom stereocenters. The van der Waals surface area contributed by atoms with Crippen molar-refractivity contribution in [3.8, 4) is 0 Å². The van der Waals surface area contributed by atoms with E-state index in [2.05, 4.69) is 35.9 Å². The average molecular weight is 495 g/mol. The molecule has 2 fully saturated rings. The van der Waals surface area contributed by atoms with Crippen LogP contribution in [0.25, 0.3) is 0 Å². The second-order valence-electron chi connectivity index (χ2n) is 7.46. The molecule has 1 amide bonds. The van der Waals surface area contributed by atoms with Gasteiger partial charge in [0.15, 0.2) is 5.96 Å². The quantitative estimate of drug-likeness (QED) is 0.361. The molecule has 27 heavy (non-hydrogen) atoms. The molecule has 2 aliphatic heterocycles. The third kappa shape index (κ3) is 7.63. The van der Waals surface area contributed by atoms with E-state index < -0.39 is 0 Å². The number of hydrogen-bond acceptors (Lipinski definition) is 4. The van der Waals surface area contributed by atoms with E-state index in [9.17, 15) is 4.79 Å². The predicted molar refractivity (Wildman–Crippen MR) is 121 cm³/mol. The van der Waals surface area contributed by atoms with Crippen LogP contribution in [-0.4, -0.2) is 91.8 Å². The Balaban J connectivity index is 0.00000364. The third-order valence-corrected chi connectivity index (χ3v) is 5.22. The first-order valence-corrected chi connectivity index (χ1v) is 10.2. The highest BCUT2D eigenvalue weighted by Crippen LogP contribution is 2.18. The van der Waals surface area contributed by atoms with Crippen molar-refractivity contribution in [2.75, 3.05) is 59.0 Å². The Bertz CT molecular complexity index is 467. The van der Waals surface area contributed by atoms with Gasteiger partial charge in [0.2, 0.25) is 0 Å². The first kappa shape index (κ1) is 24.3. The van der Waals surface area contributed by atoms with Gasteiger partial charge >= 0.3 is 6.09 Å². The molecule has 2 heterocycles. The van der Waals surface area contributed by atoms with Gasteiger partial charge < -0.3 is 24.8 Å². The Morgan fingerprint density at radius 1 is 1.15 bits per heavy atom. The standard InChI is InChI=1S/C19H37N5O2.HI/c1-5-20-18(21-14-17-8-7-9-24(15-17)16(3)4)22-10-12-23(13-11-22)19(25)26-6-2;/h16-17H,5-15H2,1-4H3,(H,20,21);1H. The van der Waals surface area contributed by atoms with Gasteiger partial charge in [-0.1, -0.05) is 0 Å². The molecule has 0 aliphatic carbocycles. The number of guanidine groups is 1. The van der Waals surface area contributed by atoms with Gasteiger partial charge in [-0.3, -0.25) is 4.99 Å². The number of rotatable bonds is 5. The van der Waals surface area contributed by atoms with Crippen molar-refractivity contribution in [3.05, 3.63) is 0 Å². The van der Waals surface area contributed by atoms with E-state index in [1.165, 1.54) is 19.4 Å². The number of nitrogens with zero attached hydrogens (tertiary/aromatic N) is 4. The summed E-state index contributed by atoms with van der Waals surface area (Å²) < 4.78 is 5.10. The van der Waals surface area contributed by atoms with Crippen molar-refractivity contribution in [2.24, 2.45) is 10.9 Å². The zero-order valence-corrected chi connectivity index (χ0v) is 19.8. The lowest BCUT2D eigenvalue weighted by molar-refractivity contribution is 0.0913. The van der Waals surface area contributed by atoms with Crippen molar-refractivity contribution in [3.63, 3.8) is 0 Å². The van der Waals surface area contributed by atoms with E-state index in [0.717, 1.165) is 38.7 Å². The molecule has 0 bridgehead atoms. The van der Waals surface area contributed by atoms with Crippen molar-refractivity contribution in [1.82, 2.24) is 20.0 Å². The minimum Gasteiger partial charge on any atom is -0.450 e. The number of carbonyl (C=O) groups excluding carboxylic acids is 1. The molecule has 8 heteroatoms. The normalized spacial score (nSPS) is 21.8.